The zero-order valence-corrected chi connectivity index (χ0v) is 37.2. The second kappa shape index (κ2) is 14.8. The second-order valence-corrected chi connectivity index (χ2v) is 19.3. The monoisotopic (exact) mass is 906 g/mol. The van der Waals surface area contributed by atoms with E-state index in [1.54, 1.807) is 0 Å². The van der Waals surface area contributed by atoms with Crippen molar-refractivity contribution >= 4 is 98.7 Å². The molecule has 0 aliphatic heterocycles. The first-order valence-corrected chi connectivity index (χ1v) is 24.1. The summed E-state index contributed by atoms with van der Waals surface area (Å²) in [5.41, 5.74) is 11.5. The molecule has 14 rings (SSSR count). The third-order valence-corrected chi connectivity index (χ3v) is 16.2. The van der Waals surface area contributed by atoms with Crippen LogP contribution in [0.15, 0.2) is 236 Å². The van der Waals surface area contributed by atoms with Gasteiger partial charge >= 0.3 is 337 Å². The average Bonchev–Trinajstić information content (AvgIpc) is 3.98. The van der Waals surface area contributed by atoms with E-state index in [4.69, 9.17) is 6.85 Å². The number of fused-ring (bicyclic) bond motifs is 10. The van der Waals surface area contributed by atoms with Gasteiger partial charge in [0.25, 0.3) is 0 Å². The molecule has 0 N–H and O–H groups in total. The van der Waals surface area contributed by atoms with Gasteiger partial charge in [0.1, 0.15) is 0 Å². The molecule has 0 amide bonds. The molecule has 14 aromatic rings. The third kappa shape index (κ3) is 5.47. The molecule has 0 aliphatic carbocycles. The molecule has 0 radical (unpaired) electrons. The van der Waals surface area contributed by atoms with Crippen molar-refractivity contribution in [1.82, 2.24) is 4.57 Å². The molecular weight excluding hydrogens is 862 g/mol. The quantitative estimate of drug-likeness (QED) is 0.120. The van der Waals surface area contributed by atoms with Crippen molar-refractivity contribution in [2.45, 2.75) is 0 Å². The van der Waals surface area contributed by atoms with Crippen LogP contribution in [0.3, 0.4) is 0 Å². The number of rotatable bonds is 5. The van der Waals surface area contributed by atoms with E-state index in [0.29, 0.717) is 5.56 Å². The van der Waals surface area contributed by atoms with Gasteiger partial charge in [-0.15, -0.1) is 0 Å². The van der Waals surface area contributed by atoms with E-state index in [1.165, 1.54) is 84.9 Å². The van der Waals surface area contributed by atoms with E-state index in [1.807, 2.05) is 36.4 Å². The Morgan fingerprint density at radius 3 is 1.26 bits per heavy atom. The van der Waals surface area contributed by atoms with Crippen molar-refractivity contribution in [3.63, 3.8) is 0 Å². The van der Waals surface area contributed by atoms with Crippen molar-refractivity contribution in [2.75, 3.05) is 0 Å². The molecule has 0 spiro atoms. The van der Waals surface area contributed by atoms with Gasteiger partial charge in [0.15, 0.2) is 0 Å². The van der Waals surface area contributed by atoms with Gasteiger partial charge in [0.05, 0.1) is 0 Å². The van der Waals surface area contributed by atoms with Crippen molar-refractivity contribution in [3.8, 4) is 50.2 Å². The summed E-state index contributed by atoms with van der Waals surface area (Å²) in [4.78, 5) is 0. The third-order valence-electron chi connectivity index (χ3n) is 13.7. The summed E-state index contributed by atoms with van der Waals surface area (Å²) in [6.07, 6.45) is 0. The number of para-hydroxylation sites is 2. The Balaban J connectivity index is 0.986. The van der Waals surface area contributed by atoms with E-state index in [0.717, 1.165) is 38.4 Å². The molecule has 1 nitrogen and oxygen atoms in total. The molecule has 0 aliphatic rings. The van der Waals surface area contributed by atoms with Crippen molar-refractivity contribution in [3.05, 3.63) is 236 Å². The van der Waals surface area contributed by atoms with Gasteiger partial charge in [-0.1, -0.05) is 36.4 Å². The van der Waals surface area contributed by atoms with Gasteiger partial charge < -0.3 is 0 Å². The Hall–Kier alpha value is -8.00. The van der Waals surface area contributed by atoms with Crippen LogP contribution in [0.2, 0.25) is 0 Å². The second-order valence-electron chi connectivity index (χ2n) is 17.1. The Labute approximate surface area is 394 Å². The number of nitrogens with zero attached hydrogens (tertiary/aromatic N) is 1. The maximum atomic E-state index is 9.08. The van der Waals surface area contributed by atoms with Crippen LogP contribution >= 0.6 is 0 Å². The van der Waals surface area contributed by atoms with Gasteiger partial charge in [-0.2, -0.15) is 0 Å². The van der Waals surface area contributed by atoms with Crippen LogP contribution in [0.4, 0.5) is 0 Å². The van der Waals surface area contributed by atoms with E-state index in [2.05, 4.69) is 174 Å². The molecule has 0 fully saturated rings. The predicted octanol–water partition coefficient (Wildman–Crippen LogP) is 17.4. The Morgan fingerprint density at radius 1 is 0.318 bits per heavy atom. The van der Waals surface area contributed by atoms with Crippen LogP contribution in [0.1, 0.15) is 6.85 Å². The van der Waals surface area contributed by atoms with Gasteiger partial charge in [0.2, 0.25) is 0 Å². The minimum atomic E-state index is -0.396. The standard InChI is InChI=1S/C64H39NSe/c1-2-18-40(19-3-1)59-45-22-4-8-26-49(45)61(50-27-9-5-23-46(50)59)53-30-17-35-58-63(53)55-32-16-31-54(64(55)66-58)62-51-28-10-6-24-47(51)60(48-25-7-11-29-52(48)62)41-36-38-42(39-37-41)65-56-33-14-12-20-43(56)44-21-13-15-34-57(44)65/h1-39H/i1D,2D,3D,18D,19D. The summed E-state index contributed by atoms with van der Waals surface area (Å²) in [6.45, 7) is 0. The first-order chi connectivity index (χ1) is 34.9. The summed E-state index contributed by atoms with van der Waals surface area (Å²) < 4.78 is 48.8. The van der Waals surface area contributed by atoms with Crippen molar-refractivity contribution in [2.24, 2.45) is 0 Å². The van der Waals surface area contributed by atoms with E-state index in [9.17, 15) is 0 Å². The van der Waals surface area contributed by atoms with Gasteiger partial charge in [0, 0.05) is 10.8 Å². The van der Waals surface area contributed by atoms with Gasteiger partial charge in [-0.3, -0.25) is 0 Å². The average molecular weight is 906 g/mol. The fourth-order valence-corrected chi connectivity index (χ4v) is 13.6. The van der Waals surface area contributed by atoms with E-state index in [-0.39, 0.29) is 44.2 Å². The number of hydrogen-bond donors (Lipinski definition) is 0. The summed E-state index contributed by atoms with van der Waals surface area (Å²) in [5.74, 6) is 0. The fourth-order valence-electron chi connectivity index (χ4n) is 11.0. The normalized spacial score (nSPS) is 13.0. The molecule has 12 aromatic carbocycles. The Kier molecular flexibility index (Phi) is 7.30. The zero-order valence-electron chi connectivity index (χ0n) is 40.5. The molecule has 0 atom stereocenters. The van der Waals surface area contributed by atoms with Crippen molar-refractivity contribution < 1.29 is 6.85 Å². The van der Waals surface area contributed by atoms with E-state index < -0.39 is 6.04 Å². The number of benzene rings is 12. The first kappa shape index (κ1) is 32.6. The summed E-state index contributed by atoms with van der Waals surface area (Å²) in [5, 5.41) is 13.4. The van der Waals surface area contributed by atoms with Crippen LogP contribution < -0.4 is 0 Å². The topological polar surface area (TPSA) is 4.93 Å². The minimum absolute atomic E-state index is 0.0281. The summed E-state index contributed by atoms with van der Waals surface area (Å²) in [7, 11) is 0. The molecule has 0 unspecified atom stereocenters. The molecule has 0 saturated carbocycles. The van der Waals surface area contributed by atoms with Crippen LogP contribution in [0.25, 0.3) is 134 Å². The summed E-state index contributed by atoms with van der Waals surface area (Å²) in [6, 6.07) is 72.6. The van der Waals surface area contributed by atoms with E-state index >= 15 is 0 Å². The molecule has 306 valence electrons. The van der Waals surface area contributed by atoms with Crippen LogP contribution in [0.5, 0.6) is 0 Å². The molecule has 2 aromatic heterocycles. The van der Waals surface area contributed by atoms with Gasteiger partial charge in [-0.25, -0.2) is 0 Å². The Morgan fingerprint density at radius 2 is 0.727 bits per heavy atom. The molecule has 66 heavy (non-hydrogen) atoms. The van der Waals surface area contributed by atoms with Crippen molar-refractivity contribution in [1.29, 1.82) is 0 Å². The SMILES string of the molecule is [2H]c1c([2H])c([2H])c(-c2c3ccccc3c(-c3cccc4[se]c5c(-c6c7ccccc7c(-c7ccc(-n8c9ccccc9c9ccccc98)cc7)c7ccccc67)cccc5c34)c3ccccc23)c([2H])c1[2H]. The summed E-state index contributed by atoms with van der Waals surface area (Å²) >= 11 is -0.0281. The Bertz CT molecular complexity index is 4390. The molecule has 0 saturated heterocycles. The van der Waals surface area contributed by atoms with Gasteiger partial charge in [-0.05, 0) is 12.1 Å². The zero-order chi connectivity index (χ0) is 47.6. The predicted molar refractivity (Wildman–Crippen MR) is 285 cm³/mol. The number of aromatic nitrogens is 1. The van der Waals surface area contributed by atoms with Crippen LogP contribution in [-0.2, 0) is 0 Å². The first-order valence-electron chi connectivity index (χ1n) is 24.9. The number of hydrogen-bond acceptors (Lipinski definition) is 0. The fraction of sp³-hybridized carbons (Fsp3) is 0. The van der Waals surface area contributed by atoms with Crippen LogP contribution in [-0.4, -0.2) is 19.1 Å². The molecule has 2 heteroatoms. The molecule has 2 heterocycles. The maximum absolute atomic E-state index is 9.08. The van der Waals surface area contributed by atoms with Crippen LogP contribution in [0, 0.1) is 0 Å². The molecule has 0 bridgehead atoms. The molecular formula is C64H39NSe.